The smallest absolute Gasteiger partial charge is 0.224 e. The molecule has 1 aromatic rings. The van der Waals surface area contributed by atoms with E-state index >= 15 is 0 Å². The van der Waals surface area contributed by atoms with E-state index < -0.39 is 5.54 Å². The third-order valence-electron chi connectivity index (χ3n) is 2.58. The predicted octanol–water partition coefficient (Wildman–Crippen LogP) is 1.67. The Morgan fingerprint density at radius 1 is 1.47 bits per heavy atom. The third-order valence-corrected chi connectivity index (χ3v) is 2.58. The lowest BCUT2D eigenvalue weighted by molar-refractivity contribution is -0.118. The largest absolute Gasteiger partial charge is 0.370 e. The summed E-state index contributed by atoms with van der Waals surface area (Å²) < 4.78 is 0. The number of primary amides is 1. The minimum absolute atomic E-state index is 0.244. The normalized spacial score (nSPS) is 11.2. The highest BCUT2D eigenvalue weighted by Gasteiger charge is 2.21. The predicted molar refractivity (Wildman–Crippen MR) is 77.1 cm³/mol. The number of hydrogen-bond acceptors (Lipinski definition) is 5. The van der Waals surface area contributed by atoms with Crippen LogP contribution in [0.1, 0.15) is 39.2 Å². The number of carbonyl (C=O) groups excluding carboxylic acids is 1. The maximum absolute atomic E-state index is 11.0. The Labute approximate surface area is 114 Å². The molecule has 0 saturated heterocycles. The van der Waals surface area contributed by atoms with E-state index in [1.54, 1.807) is 6.20 Å². The van der Waals surface area contributed by atoms with Crippen LogP contribution in [0.25, 0.3) is 0 Å². The summed E-state index contributed by atoms with van der Waals surface area (Å²) in [5.74, 6) is 0.971. The lowest BCUT2D eigenvalue weighted by Gasteiger charge is -2.26. The van der Waals surface area contributed by atoms with Crippen LogP contribution in [0, 0.1) is 6.92 Å². The minimum Gasteiger partial charge on any atom is -0.370 e. The van der Waals surface area contributed by atoms with Gasteiger partial charge in [-0.15, -0.1) is 0 Å². The molecule has 0 aliphatic carbocycles. The van der Waals surface area contributed by atoms with E-state index in [0.29, 0.717) is 5.95 Å². The Balaban J connectivity index is 2.84. The first-order valence-corrected chi connectivity index (χ1v) is 6.48. The molecule has 19 heavy (non-hydrogen) atoms. The van der Waals surface area contributed by atoms with E-state index in [4.69, 9.17) is 5.73 Å². The molecule has 0 aromatic carbocycles. The highest BCUT2D eigenvalue weighted by atomic mass is 16.1. The molecule has 1 heterocycles. The first kappa shape index (κ1) is 15.2. The monoisotopic (exact) mass is 265 g/mol. The molecule has 1 aromatic heterocycles. The maximum Gasteiger partial charge on any atom is 0.224 e. The van der Waals surface area contributed by atoms with Gasteiger partial charge in [-0.2, -0.15) is 4.98 Å². The van der Waals surface area contributed by atoms with E-state index in [0.717, 1.165) is 24.3 Å². The van der Waals surface area contributed by atoms with Crippen molar-refractivity contribution in [3.05, 3.63) is 11.8 Å². The lowest BCUT2D eigenvalue weighted by Crippen LogP contribution is -2.36. The van der Waals surface area contributed by atoms with Crippen molar-refractivity contribution in [2.24, 2.45) is 5.73 Å². The van der Waals surface area contributed by atoms with Gasteiger partial charge in [0, 0.05) is 30.3 Å². The molecule has 0 saturated carbocycles. The highest BCUT2D eigenvalue weighted by Crippen LogP contribution is 2.20. The Bertz CT molecular complexity index is 445. The van der Waals surface area contributed by atoms with Crippen molar-refractivity contribution in [2.75, 3.05) is 17.2 Å². The van der Waals surface area contributed by atoms with Gasteiger partial charge in [-0.1, -0.05) is 6.92 Å². The molecule has 1 rings (SSSR count). The van der Waals surface area contributed by atoms with Gasteiger partial charge in [-0.05, 0) is 27.2 Å². The second kappa shape index (κ2) is 6.36. The van der Waals surface area contributed by atoms with E-state index in [1.165, 1.54) is 0 Å². The molecular formula is C13H23N5O. The maximum atomic E-state index is 11.0. The first-order chi connectivity index (χ1) is 8.84. The van der Waals surface area contributed by atoms with E-state index in [9.17, 15) is 4.79 Å². The SMILES string of the molecule is CCCNc1ncc(C)c(NC(C)(C)CC(N)=O)n1. The van der Waals surface area contributed by atoms with Crippen LogP contribution in [0.2, 0.25) is 0 Å². The topological polar surface area (TPSA) is 92.9 Å². The zero-order chi connectivity index (χ0) is 14.5. The molecule has 0 unspecified atom stereocenters. The molecule has 0 radical (unpaired) electrons. The van der Waals surface area contributed by atoms with E-state index in [1.807, 2.05) is 20.8 Å². The highest BCUT2D eigenvalue weighted by molar-refractivity contribution is 5.75. The molecule has 1 amide bonds. The van der Waals surface area contributed by atoms with Crippen molar-refractivity contribution < 1.29 is 4.79 Å². The van der Waals surface area contributed by atoms with Crippen molar-refractivity contribution >= 4 is 17.7 Å². The molecule has 0 atom stereocenters. The number of nitrogens with two attached hydrogens (primary N) is 1. The first-order valence-electron chi connectivity index (χ1n) is 6.48. The third kappa shape index (κ3) is 5.11. The summed E-state index contributed by atoms with van der Waals surface area (Å²) in [6, 6.07) is 0. The average Bonchev–Trinajstić information content (AvgIpc) is 2.28. The van der Waals surface area contributed by atoms with E-state index in [2.05, 4.69) is 27.5 Å². The number of nitrogens with zero attached hydrogens (tertiary/aromatic N) is 2. The van der Waals surface area contributed by atoms with Gasteiger partial charge in [0.15, 0.2) is 0 Å². The lowest BCUT2D eigenvalue weighted by atomic mass is 10.00. The van der Waals surface area contributed by atoms with Gasteiger partial charge in [0.2, 0.25) is 11.9 Å². The minimum atomic E-state index is -0.438. The van der Waals surface area contributed by atoms with Gasteiger partial charge in [0.05, 0.1) is 0 Å². The second-order valence-corrected chi connectivity index (χ2v) is 5.30. The fourth-order valence-electron chi connectivity index (χ4n) is 1.69. The molecule has 0 spiro atoms. The zero-order valence-corrected chi connectivity index (χ0v) is 12.1. The zero-order valence-electron chi connectivity index (χ0n) is 12.1. The number of nitrogens with one attached hydrogen (secondary N) is 2. The number of aromatic nitrogens is 2. The molecule has 106 valence electrons. The second-order valence-electron chi connectivity index (χ2n) is 5.30. The van der Waals surface area contributed by atoms with Crippen LogP contribution in [-0.2, 0) is 4.79 Å². The van der Waals surface area contributed by atoms with E-state index in [-0.39, 0.29) is 12.3 Å². The van der Waals surface area contributed by atoms with Crippen molar-refractivity contribution in [1.29, 1.82) is 0 Å². The molecule has 0 fully saturated rings. The molecule has 0 bridgehead atoms. The van der Waals surface area contributed by atoms with Crippen LogP contribution < -0.4 is 16.4 Å². The Hall–Kier alpha value is -1.85. The van der Waals surface area contributed by atoms with Crippen LogP contribution in [-0.4, -0.2) is 28.0 Å². The van der Waals surface area contributed by atoms with Crippen molar-refractivity contribution in [1.82, 2.24) is 9.97 Å². The Morgan fingerprint density at radius 3 is 2.74 bits per heavy atom. The van der Waals surface area contributed by atoms with Gasteiger partial charge in [-0.25, -0.2) is 4.98 Å². The number of carbonyl (C=O) groups is 1. The van der Waals surface area contributed by atoms with Gasteiger partial charge in [0.1, 0.15) is 5.82 Å². The summed E-state index contributed by atoms with van der Waals surface area (Å²) >= 11 is 0. The van der Waals surface area contributed by atoms with Crippen molar-refractivity contribution in [2.45, 2.75) is 46.1 Å². The number of rotatable bonds is 7. The number of amides is 1. The quantitative estimate of drug-likeness (QED) is 0.697. The van der Waals surface area contributed by atoms with Crippen LogP contribution in [0.3, 0.4) is 0 Å². The van der Waals surface area contributed by atoms with Gasteiger partial charge in [0.25, 0.3) is 0 Å². The van der Waals surface area contributed by atoms with Crippen LogP contribution in [0.15, 0.2) is 6.20 Å². The molecule has 4 N–H and O–H groups in total. The molecule has 6 heteroatoms. The summed E-state index contributed by atoms with van der Waals surface area (Å²) in [6.45, 7) is 8.66. The molecule has 6 nitrogen and oxygen atoms in total. The summed E-state index contributed by atoms with van der Waals surface area (Å²) in [5, 5.41) is 6.38. The number of aryl methyl sites for hydroxylation is 1. The fraction of sp³-hybridized carbons (Fsp3) is 0.615. The standard InChI is InChI=1S/C13H23N5O/c1-5-6-15-12-16-8-9(2)11(17-12)18-13(3,4)7-10(14)19/h8H,5-7H2,1-4H3,(H2,14,19)(H2,15,16,17,18). The van der Waals surface area contributed by atoms with Crippen LogP contribution >= 0.6 is 0 Å². The molecule has 0 aliphatic heterocycles. The number of anilines is 2. The molecular weight excluding hydrogens is 242 g/mol. The van der Waals surface area contributed by atoms with Gasteiger partial charge in [-0.3, -0.25) is 4.79 Å². The van der Waals surface area contributed by atoms with Crippen molar-refractivity contribution in [3.63, 3.8) is 0 Å². The molecule has 0 aliphatic rings. The summed E-state index contributed by atoms with van der Waals surface area (Å²) in [7, 11) is 0. The fourth-order valence-corrected chi connectivity index (χ4v) is 1.69. The summed E-state index contributed by atoms with van der Waals surface area (Å²) in [5.41, 5.74) is 5.73. The summed E-state index contributed by atoms with van der Waals surface area (Å²) in [4.78, 5) is 19.7. The van der Waals surface area contributed by atoms with Crippen LogP contribution in [0.5, 0.6) is 0 Å². The Morgan fingerprint density at radius 2 is 2.16 bits per heavy atom. The van der Waals surface area contributed by atoms with Gasteiger partial charge < -0.3 is 16.4 Å². The van der Waals surface area contributed by atoms with Gasteiger partial charge >= 0.3 is 0 Å². The summed E-state index contributed by atoms with van der Waals surface area (Å²) in [6.07, 6.45) is 3.01. The van der Waals surface area contributed by atoms with Crippen LogP contribution in [0.4, 0.5) is 11.8 Å². The van der Waals surface area contributed by atoms with Crippen molar-refractivity contribution in [3.8, 4) is 0 Å². The number of hydrogen-bond donors (Lipinski definition) is 3. The Kier molecular flexibility index (Phi) is 5.09. The average molecular weight is 265 g/mol.